The van der Waals surface area contributed by atoms with Crippen molar-refractivity contribution >= 4 is 11.6 Å². The molecule has 16 heavy (non-hydrogen) atoms. The lowest BCUT2D eigenvalue weighted by Gasteiger charge is -2.18. The molecule has 0 aromatic heterocycles. The lowest BCUT2D eigenvalue weighted by molar-refractivity contribution is 0.480. The third-order valence-electron chi connectivity index (χ3n) is 3.37. The molecule has 1 aliphatic rings. The van der Waals surface area contributed by atoms with Crippen LogP contribution in [0.25, 0.3) is 0 Å². The lowest BCUT2D eigenvalue weighted by Crippen LogP contribution is -2.24. The van der Waals surface area contributed by atoms with Gasteiger partial charge in [0.2, 0.25) is 0 Å². The van der Waals surface area contributed by atoms with E-state index < -0.39 is 0 Å². The highest BCUT2D eigenvalue weighted by Gasteiger charge is 2.34. The molecule has 0 bridgehead atoms. The number of benzene rings is 1. The average Bonchev–Trinajstić information content (AvgIpc) is 2.95. The first-order chi connectivity index (χ1) is 7.70. The summed E-state index contributed by atoms with van der Waals surface area (Å²) in [5, 5.41) is 4.55. The molecule has 2 heteroatoms. The van der Waals surface area contributed by atoms with E-state index in [1.807, 2.05) is 12.1 Å². The third kappa shape index (κ3) is 2.99. The van der Waals surface area contributed by atoms with Gasteiger partial charge in [-0.1, -0.05) is 44.0 Å². The highest BCUT2D eigenvalue weighted by molar-refractivity contribution is 6.30. The SMILES string of the molecule is CCCC(NC1CC1C)c1ccc(Cl)cc1. The molecule has 3 unspecified atom stereocenters. The van der Waals surface area contributed by atoms with E-state index in [0.29, 0.717) is 6.04 Å². The van der Waals surface area contributed by atoms with E-state index in [2.05, 4.69) is 31.3 Å². The molecule has 1 aliphatic carbocycles. The van der Waals surface area contributed by atoms with Crippen LogP contribution in [-0.4, -0.2) is 6.04 Å². The van der Waals surface area contributed by atoms with Crippen molar-refractivity contribution in [2.24, 2.45) is 5.92 Å². The van der Waals surface area contributed by atoms with Crippen LogP contribution in [0.2, 0.25) is 5.02 Å². The van der Waals surface area contributed by atoms with Gasteiger partial charge >= 0.3 is 0 Å². The molecular weight excluding hydrogens is 218 g/mol. The molecule has 1 fully saturated rings. The molecule has 0 amide bonds. The molecule has 1 aromatic rings. The Hall–Kier alpha value is -0.530. The first-order valence-corrected chi connectivity index (χ1v) is 6.60. The topological polar surface area (TPSA) is 12.0 Å². The molecular formula is C14H20ClN. The Kier molecular flexibility index (Phi) is 3.88. The summed E-state index contributed by atoms with van der Waals surface area (Å²) < 4.78 is 0. The van der Waals surface area contributed by atoms with Crippen molar-refractivity contribution in [2.75, 3.05) is 0 Å². The fourth-order valence-corrected chi connectivity index (χ4v) is 2.27. The predicted molar refractivity (Wildman–Crippen MR) is 69.8 cm³/mol. The van der Waals surface area contributed by atoms with E-state index in [0.717, 1.165) is 17.0 Å². The minimum absolute atomic E-state index is 0.497. The average molecular weight is 238 g/mol. The van der Waals surface area contributed by atoms with E-state index >= 15 is 0 Å². The molecule has 0 radical (unpaired) electrons. The number of nitrogens with one attached hydrogen (secondary N) is 1. The molecule has 88 valence electrons. The highest BCUT2D eigenvalue weighted by atomic mass is 35.5. The van der Waals surface area contributed by atoms with E-state index in [-0.39, 0.29) is 0 Å². The van der Waals surface area contributed by atoms with Crippen LogP contribution in [-0.2, 0) is 0 Å². The van der Waals surface area contributed by atoms with Crippen LogP contribution < -0.4 is 5.32 Å². The van der Waals surface area contributed by atoms with Gasteiger partial charge in [0.25, 0.3) is 0 Å². The molecule has 2 rings (SSSR count). The zero-order valence-electron chi connectivity index (χ0n) is 10.0. The van der Waals surface area contributed by atoms with Crippen molar-refractivity contribution in [3.05, 3.63) is 34.9 Å². The van der Waals surface area contributed by atoms with Crippen LogP contribution in [0.5, 0.6) is 0 Å². The molecule has 1 saturated carbocycles. The zero-order chi connectivity index (χ0) is 11.5. The van der Waals surface area contributed by atoms with Gasteiger partial charge in [0.05, 0.1) is 0 Å². The number of rotatable bonds is 5. The summed E-state index contributed by atoms with van der Waals surface area (Å²) in [6, 6.07) is 9.48. The predicted octanol–water partition coefficient (Wildman–Crippen LogP) is 4.18. The van der Waals surface area contributed by atoms with Gasteiger partial charge in [-0.05, 0) is 36.5 Å². The summed E-state index contributed by atoms with van der Waals surface area (Å²) in [6.45, 7) is 4.55. The normalized spacial score (nSPS) is 25.4. The molecule has 0 aliphatic heterocycles. The minimum Gasteiger partial charge on any atom is -0.307 e. The van der Waals surface area contributed by atoms with Crippen LogP contribution in [0.15, 0.2) is 24.3 Å². The summed E-state index contributed by atoms with van der Waals surface area (Å²) in [6.07, 6.45) is 3.74. The molecule has 1 nitrogen and oxygen atoms in total. The quantitative estimate of drug-likeness (QED) is 0.810. The number of hydrogen-bond acceptors (Lipinski definition) is 1. The van der Waals surface area contributed by atoms with Gasteiger partial charge in [0, 0.05) is 17.1 Å². The van der Waals surface area contributed by atoms with Gasteiger partial charge in [0.15, 0.2) is 0 Å². The zero-order valence-corrected chi connectivity index (χ0v) is 10.8. The fourth-order valence-electron chi connectivity index (χ4n) is 2.14. The number of hydrogen-bond donors (Lipinski definition) is 1. The van der Waals surface area contributed by atoms with Gasteiger partial charge in [-0.3, -0.25) is 0 Å². The third-order valence-corrected chi connectivity index (χ3v) is 3.63. The van der Waals surface area contributed by atoms with Gasteiger partial charge in [0.1, 0.15) is 0 Å². The second-order valence-corrected chi connectivity index (χ2v) is 5.32. The lowest BCUT2D eigenvalue weighted by atomic mass is 10.0. The smallest absolute Gasteiger partial charge is 0.0406 e. The number of halogens is 1. The van der Waals surface area contributed by atoms with Crippen molar-refractivity contribution in [1.29, 1.82) is 0 Å². The Balaban J connectivity index is 2.02. The van der Waals surface area contributed by atoms with E-state index in [1.54, 1.807) is 0 Å². The van der Waals surface area contributed by atoms with Crippen molar-refractivity contribution < 1.29 is 0 Å². The minimum atomic E-state index is 0.497. The van der Waals surface area contributed by atoms with Crippen LogP contribution in [0.4, 0.5) is 0 Å². The Labute approximate surface area is 103 Å². The van der Waals surface area contributed by atoms with E-state index in [1.165, 1.54) is 24.8 Å². The first-order valence-electron chi connectivity index (χ1n) is 6.22. The molecule has 1 N–H and O–H groups in total. The summed E-state index contributed by atoms with van der Waals surface area (Å²) in [5.41, 5.74) is 1.37. The van der Waals surface area contributed by atoms with Crippen molar-refractivity contribution in [3.8, 4) is 0 Å². The van der Waals surface area contributed by atoms with Crippen LogP contribution >= 0.6 is 11.6 Å². The Morgan fingerprint density at radius 1 is 1.38 bits per heavy atom. The summed E-state index contributed by atoms with van der Waals surface area (Å²) in [4.78, 5) is 0. The van der Waals surface area contributed by atoms with Gasteiger partial charge in [-0.2, -0.15) is 0 Å². The summed E-state index contributed by atoms with van der Waals surface area (Å²) in [7, 11) is 0. The molecule has 0 saturated heterocycles. The second-order valence-electron chi connectivity index (χ2n) is 4.88. The van der Waals surface area contributed by atoms with Crippen LogP contribution in [0, 0.1) is 5.92 Å². The van der Waals surface area contributed by atoms with Gasteiger partial charge in [-0.25, -0.2) is 0 Å². The monoisotopic (exact) mass is 237 g/mol. The maximum atomic E-state index is 5.91. The maximum absolute atomic E-state index is 5.91. The Morgan fingerprint density at radius 3 is 2.50 bits per heavy atom. The molecule has 3 atom stereocenters. The van der Waals surface area contributed by atoms with Crippen LogP contribution in [0.1, 0.15) is 44.7 Å². The standard InChI is InChI=1S/C14H20ClN/c1-3-4-13(16-14-9-10(14)2)11-5-7-12(15)8-6-11/h5-8,10,13-14,16H,3-4,9H2,1-2H3. The van der Waals surface area contributed by atoms with Crippen molar-refractivity contribution in [2.45, 2.75) is 45.2 Å². The van der Waals surface area contributed by atoms with Crippen molar-refractivity contribution in [1.82, 2.24) is 5.32 Å². The van der Waals surface area contributed by atoms with E-state index in [9.17, 15) is 0 Å². The van der Waals surface area contributed by atoms with E-state index in [4.69, 9.17) is 11.6 Å². The molecule has 0 heterocycles. The first kappa shape index (κ1) is 11.9. The van der Waals surface area contributed by atoms with Crippen LogP contribution in [0.3, 0.4) is 0 Å². The highest BCUT2D eigenvalue weighted by Crippen LogP contribution is 2.33. The maximum Gasteiger partial charge on any atom is 0.0406 e. The Bertz CT molecular complexity index is 333. The second kappa shape index (κ2) is 5.20. The van der Waals surface area contributed by atoms with Crippen molar-refractivity contribution in [3.63, 3.8) is 0 Å². The largest absolute Gasteiger partial charge is 0.307 e. The summed E-state index contributed by atoms with van der Waals surface area (Å²) >= 11 is 5.91. The summed E-state index contributed by atoms with van der Waals surface area (Å²) in [5.74, 6) is 0.853. The van der Waals surface area contributed by atoms with Gasteiger partial charge in [-0.15, -0.1) is 0 Å². The Morgan fingerprint density at radius 2 is 2.00 bits per heavy atom. The molecule has 0 spiro atoms. The van der Waals surface area contributed by atoms with Gasteiger partial charge < -0.3 is 5.32 Å². The molecule has 1 aromatic carbocycles. The fraction of sp³-hybridized carbons (Fsp3) is 0.571.